The maximum absolute atomic E-state index is 13.4. The zero-order valence-corrected chi connectivity index (χ0v) is 15.0. The minimum atomic E-state index is -3.09. The van der Waals surface area contributed by atoms with Gasteiger partial charge in [0.05, 0.1) is 21.4 Å². The number of carbonyl (C=O) groups is 1. The number of carbonyl (C=O) groups excluding carboxylic acids is 1. The molecule has 24 heavy (non-hydrogen) atoms. The zero-order valence-electron chi connectivity index (χ0n) is 12.6. The summed E-state index contributed by atoms with van der Waals surface area (Å²) in [7, 11) is -3.09. The number of hydrogen-bond donors (Lipinski definition) is 1. The maximum Gasteiger partial charge on any atom is 0.253 e. The Morgan fingerprint density at radius 3 is 2.25 bits per heavy atom. The molecule has 0 atom stereocenters. The van der Waals surface area contributed by atoms with Gasteiger partial charge < -0.3 is 5.32 Å². The van der Waals surface area contributed by atoms with Gasteiger partial charge in [-0.1, -0.05) is 47.5 Å². The second kappa shape index (κ2) is 7.51. The van der Waals surface area contributed by atoms with Gasteiger partial charge >= 0.3 is 0 Å². The summed E-state index contributed by atoms with van der Waals surface area (Å²) in [5.74, 6) is -1.30. The minimum Gasteiger partial charge on any atom is -0.348 e. The molecule has 0 aliphatic carbocycles. The SMILES string of the molecule is CS(=O)(=O)Cc1ccc(CNC(=O)c2cc(F)c(Cl)cc2Cl)cc1. The van der Waals surface area contributed by atoms with E-state index in [2.05, 4.69) is 5.32 Å². The van der Waals surface area contributed by atoms with Crippen LogP contribution >= 0.6 is 23.2 Å². The Hall–Kier alpha value is -1.63. The molecule has 128 valence electrons. The van der Waals surface area contributed by atoms with Gasteiger partial charge in [-0.2, -0.15) is 0 Å². The van der Waals surface area contributed by atoms with Crippen LogP contribution < -0.4 is 5.32 Å². The highest BCUT2D eigenvalue weighted by molar-refractivity contribution is 7.89. The van der Waals surface area contributed by atoms with Crippen LogP contribution in [-0.4, -0.2) is 20.6 Å². The van der Waals surface area contributed by atoms with Crippen LogP contribution in [0.15, 0.2) is 36.4 Å². The smallest absolute Gasteiger partial charge is 0.253 e. The number of halogens is 3. The summed E-state index contributed by atoms with van der Waals surface area (Å²) in [4.78, 5) is 12.1. The Kier molecular flexibility index (Phi) is 5.85. The molecule has 0 unspecified atom stereocenters. The van der Waals surface area contributed by atoms with Crippen molar-refractivity contribution < 1.29 is 17.6 Å². The average Bonchev–Trinajstić information content (AvgIpc) is 2.48. The fourth-order valence-electron chi connectivity index (χ4n) is 2.03. The molecule has 0 saturated carbocycles. The van der Waals surface area contributed by atoms with Gasteiger partial charge in [-0.3, -0.25) is 4.79 Å². The largest absolute Gasteiger partial charge is 0.348 e. The molecule has 0 aliphatic rings. The zero-order chi connectivity index (χ0) is 17.9. The predicted molar refractivity (Wildman–Crippen MR) is 92.6 cm³/mol. The first kappa shape index (κ1) is 18.7. The molecule has 1 N–H and O–H groups in total. The fourth-order valence-corrected chi connectivity index (χ4v) is 3.30. The normalized spacial score (nSPS) is 11.3. The number of sulfone groups is 1. The summed E-state index contributed by atoms with van der Waals surface area (Å²) < 4.78 is 35.9. The van der Waals surface area contributed by atoms with Crippen molar-refractivity contribution >= 4 is 38.9 Å². The Balaban J connectivity index is 2.03. The van der Waals surface area contributed by atoms with Crippen molar-refractivity contribution in [2.75, 3.05) is 6.26 Å². The molecule has 0 bridgehead atoms. The molecule has 2 aromatic carbocycles. The minimum absolute atomic E-state index is 0.00716. The van der Waals surface area contributed by atoms with Crippen molar-refractivity contribution in [2.24, 2.45) is 0 Å². The highest BCUT2D eigenvalue weighted by Gasteiger charge is 2.14. The molecule has 0 fully saturated rings. The molecule has 2 rings (SSSR count). The van der Waals surface area contributed by atoms with Crippen LogP contribution in [0, 0.1) is 5.82 Å². The lowest BCUT2D eigenvalue weighted by atomic mass is 10.1. The number of nitrogens with one attached hydrogen (secondary N) is 1. The molecule has 0 saturated heterocycles. The topological polar surface area (TPSA) is 63.2 Å². The van der Waals surface area contributed by atoms with E-state index < -0.39 is 21.6 Å². The first-order valence-corrected chi connectivity index (χ1v) is 9.65. The summed E-state index contributed by atoms with van der Waals surface area (Å²) in [5, 5.41) is 2.52. The number of benzene rings is 2. The van der Waals surface area contributed by atoms with Crippen molar-refractivity contribution in [3.8, 4) is 0 Å². The Bertz CT molecular complexity index is 868. The van der Waals surface area contributed by atoms with Gasteiger partial charge in [-0.05, 0) is 23.3 Å². The molecule has 1 amide bonds. The number of rotatable bonds is 5. The average molecular weight is 390 g/mol. The van der Waals surface area contributed by atoms with E-state index in [0.717, 1.165) is 17.9 Å². The second-order valence-electron chi connectivity index (χ2n) is 5.32. The molecule has 0 radical (unpaired) electrons. The highest BCUT2D eigenvalue weighted by atomic mass is 35.5. The first-order valence-electron chi connectivity index (χ1n) is 6.84. The molecular formula is C16H14Cl2FNO3S. The Labute approximate surface area is 149 Å². The Morgan fingerprint density at radius 2 is 1.67 bits per heavy atom. The van der Waals surface area contributed by atoms with Gasteiger partial charge in [0.2, 0.25) is 0 Å². The Morgan fingerprint density at radius 1 is 1.08 bits per heavy atom. The van der Waals surface area contributed by atoms with E-state index in [1.165, 1.54) is 6.07 Å². The quantitative estimate of drug-likeness (QED) is 0.794. The van der Waals surface area contributed by atoms with Gasteiger partial charge in [0.25, 0.3) is 5.91 Å². The fraction of sp³-hybridized carbons (Fsp3) is 0.188. The molecule has 2 aromatic rings. The van der Waals surface area contributed by atoms with E-state index in [0.29, 0.717) is 5.56 Å². The van der Waals surface area contributed by atoms with Crippen molar-refractivity contribution in [2.45, 2.75) is 12.3 Å². The third kappa shape index (κ3) is 5.19. The molecule has 0 aliphatic heterocycles. The van der Waals surface area contributed by atoms with Crippen LogP contribution in [0.1, 0.15) is 21.5 Å². The maximum atomic E-state index is 13.4. The number of amides is 1. The lowest BCUT2D eigenvalue weighted by molar-refractivity contribution is 0.0950. The molecule has 0 aromatic heterocycles. The van der Waals surface area contributed by atoms with Crippen LogP contribution in [0.2, 0.25) is 10.0 Å². The predicted octanol–water partition coefficient (Wildman–Crippen LogP) is 3.61. The molecular weight excluding hydrogens is 376 g/mol. The third-order valence-electron chi connectivity index (χ3n) is 3.16. The summed E-state index contributed by atoms with van der Waals surface area (Å²) in [6.45, 7) is 0.193. The monoisotopic (exact) mass is 389 g/mol. The highest BCUT2D eigenvalue weighted by Crippen LogP contribution is 2.24. The van der Waals surface area contributed by atoms with E-state index in [-0.39, 0.29) is 27.9 Å². The standard InChI is InChI=1S/C16H14Cl2FNO3S/c1-24(22,23)9-11-4-2-10(3-5-11)8-20-16(21)12-6-15(19)14(18)7-13(12)17/h2-7H,8-9H2,1H3,(H,20,21). The van der Waals surface area contributed by atoms with Gasteiger partial charge in [-0.25, -0.2) is 12.8 Å². The van der Waals surface area contributed by atoms with Crippen LogP contribution in [0.25, 0.3) is 0 Å². The molecule has 0 spiro atoms. The second-order valence-corrected chi connectivity index (χ2v) is 8.27. The van der Waals surface area contributed by atoms with Gasteiger partial charge in [0, 0.05) is 12.8 Å². The van der Waals surface area contributed by atoms with Crippen molar-refractivity contribution in [1.82, 2.24) is 5.32 Å². The summed E-state index contributed by atoms with van der Waals surface area (Å²) >= 11 is 11.5. The van der Waals surface area contributed by atoms with Crippen LogP contribution in [0.3, 0.4) is 0 Å². The van der Waals surface area contributed by atoms with Crippen LogP contribution in [0.4, 0.5) is 4.39 Å². The lowest BCUT2D eigenvalue weighted by Crippen LogP contribution is -2.23. The summed E-state index contributed by atoms with van der Waals surface area (Å²) in [5.41, 5.74) is 1.42. The van der Waals surface area contributed by atoms with Crippen molar-refractivity contribution in [1.29, 1.82) is 0 Å². The van der Waals surface area contributed by atoms with E-state index in [1.54, 1.807) is 24.3 Å². The van der Waals surface area contributed by atoms with E-state index >= 15 is 0 Å². The lowest BCUT2D eigenvalue weighted by Gasteiger charge is -2.08. The first-order chi connectivity index (χ1) is 11.2. The number of hydrogen-bond acceptors (Lipinski definition) is 3. The van der Waals surface area contributed by atoms with Gasteiger partial charge in [0.15, 0.2) is 9.84 Å². The van der Waals surface area contributed by atoms with E-state index in [4.69, 9.17) is 23.2 Å². The molecule has 0 heterocycles. The van der Waals surface area contributed by atoms with Crippen LogP contribution in [0.5, 0.6) is 0 Å². The molecule has 4 nitrogen and oxygen atoms in total. The summed E-state index contributed by atoms with van der Waals surface area (Å²) in [6.07, 6.45) is 1.16. The summed E-state index contributed by atoms with van der Waals surface area (Å²) in [6, 6.07) is 8.94. The van der Waals surface area contributed by atoms with E-state index in [1.807, 2.05) is 0 Å². The molecule has 8 heteroatoms. The van der Waals surface area contributed by atoms with Gasteiger partial charge in [-0.15, -0.1) is 0 Å². The van der Waals surface area contributed by atoms with Crippen molar-refractivity contribution in [3.05, 3.63) is 69.0 Å². The third-order valence-corrected chi connectivity index (χ3v) is 4.62. The van der Waals surface area contributed by atoms with Crippen LogP contribution in [-0.2, 0) is 22.1 Å². The van der Waals surface area contributed by atoms with E-state index in [9.17, 15) is 17.6 Å². The van der Waals surface area contributed by atoms with Gasteiger partial charge in [0.1, 0.15) is 5.82 Å². The van der Waals surface area contributed by atoms with Crippen molar-refractivity contribution in [3.63, 3.8) is 0 Å².